The molecule has 226 valence electrons. The van der Waals surface area contributed by atoms with Gasteiger partial charge in [0.25, 0.3) is 0 Å². The zero-order valence-electron chi connectivity index (χ0n) is 25.2. The molecule has 0 heterocycles. The Hall–Kier alpha value is -4.57. The van der Waals surface area contributed by atoms with Gasteiger partial charge in [-0.05, 0) is 82.5 Å². The van der Waals surface area contributed by atoms with Crippen molar-refractivity contribution in [1.29, 1.82) is 0 Å². The maximum Gasteiger partial charge on any atom is 0.412 e. The van der Waals surface area contributed by atoms with Gasteiger partial charge in [0.05, 0.1) is 0 Å². The first-order valence-corrected chi connectivity index (χ1v) is 13.5. The van der Waals surface area contributed by atoms with Crippen molar-refractivity contribution in [3.05, 3.63) is 95.6 Å². The predicted octanol–water partition coefficient (Wildman–Crippen LogP) is 6.95. The molecule has 10 nitrogen and oxygen atoms in total. The highest BCUT2D eigenvalue weighted by Gasteiger charge is 2.17. The highest BCUT2D eigenvalue weighted by Crippen LogP contribution is 2.14. The molecule has 0 spiro atoms. The molecule has 3 aromatic rings. The van der Waals surface area contributed by atoms with Crippen molar-refractivity contribution in [1.82, 2.24) is 5.32 Å². The van der Waals surface area contributed by atoms with Gasteiger partial charge < -0.3 is 25.3 Å². The van der Waals surface area contributed by atoms with E-state index in [1.54, 1.807) is 45.0 Å². The van der Waals surface area contributed by atoms with Gasteiger partial charge in [-0.2, -0.15) is 0 Å². The third-order valence-electron chi connectivity index (χ3n) is 5.08. The van der Waals surface area contributed by atoms with Crippen LogP contribution < -0.4 is 21.7 Å². The van der Waals surface area contributed by atoms with E-state index in [1.165, 1.54) is 0 Å². The van der Waals surface area contributed by atoms with E-state index in [9.17, 15) is 14.4 Å². The summed E-state index contributed by atoms with van der Waals surface area (Å²) in [5, 5.41) is 7.99. The molecule has 0 saturated heterocycles. The van der Waals surface area contributed by atoms with E-state index in [1.807, 2.05) is 75.4 Å². The molecule has 0 bridgehead atoms. The van der Waals surface area contributed by atoms with Crippen LogP contribution in [0.2, 0.25) is 0 Å². The lowest BCUT2D eigenvalue weighted by molar-refractivity contribution is 0.0624. The van der Waals surface area contributed by atoms with E-state index in [-0.39, 0.29) is 6.61 Å². The number of amides is 3. The van der Waals surface area contributed by atoms with E-state index in [0.29, 0.717) is 24.5 Å². The van der Waals surface area contributed by atoms with Crippen LogP contribution in [-0.2, 0) is 33.9 Å². The van der Waals surface area contributed by atoms with Crippen molar-refractivity contribution in [3.63, 3.8) is 0 Å². The molecule has 0 aromatic heterocycles. The summed E-state index contributed by atoms with van der Waals surface area (Å²) in [6.45, 7) is 11.9. The van der Waals surface area contributed by atoms with Gasteiger partial charge in [-0.1, -0.05) is 54.6 Å². The van der Waals surface area contributed by atoms with Crippen LogP contribution in [0.25, 0.3) is 0 Å². The fourth-order valence-electron chi connectivity index (χ4n) is 3.22. The van der Waals surface area contributed by atoms with Crippen molar-refractivity contribution in [3.8, 4) is 0 Å². The number of benzene rings is 3. The molecule has 3 rings (SSSR count). The van der Waals surface area contributed by atoms with Crippen molar-refractivity contribution < 1.29 is 28.6 Å². The summed E-state index contributed by atoms with van der Waals surface area (Å²) < 4.78 is 15.5. The average molecular weight is 579 g/mol. The van der Waals surface area contributed by atoms with Crippen LogP contribution in [0.1, 0.15) is 58.2 Å². The summed E-state index contributed by atoms with van der Waals surface area (Å²) in [5.41, 5.74) is 8.60. The van der Waals surface area contributed by atoms with Gasteiger partial charge >= 0.3 is 18.3 Å². The summed E-state index contributed by atoms with van der Waals surface area (Å²) in [4.78, 5) is 34.9. The minimum absolute atomic E-state index is 0.228. The quantitative estimate of drug-likeness (QED) is 0.222. The Morgan fingerprint density at radius 2 is 1.07 bits per heavy atom. The minimum atomic E-state index is -0.548. The Labute approximate surface area is 247 Å². The molecule has 0 unspecified atom stereocenters. The number of alkyl carbamates (subject to hydrolysis) is 1. The summed E-state index contributed by atoms with van der Waals surface area (Å²) in [6, 6.07) is 23.9. The van der Waals surface area contributed by atoms with Crippen LogP contribution in [-0.4, -0.2) is 29.5 Å². The molecule has 5 N–H and O–H groups in total. The van der Waals surface area contributed by atoms with E-state index in [0.717, 1.165) is 16.7 Å². The van der Waals surface area contributed by atoms with E-state index < -0.39 is 29.5 Å². The van der Waals surface area contributed by atoms with Crippen molar-refractivity contribution in [2.24, 2.45) is 5.73 Å². The zero-order chi connectivity index (χ0) is 31.2. The topological polar surface area (TPSA) is 141 Å². The molecule has 0 fully saturated rings. The molecule has 0 atom stereocenters. The first-order valence-electron chi connectivity index (χ1n) is 13.5. The van der Waals surface area contributed by atoms with E-state index in [4.69, 9.17) is 19.9 Å². The maximum absolute atomic E-state index is 11.7. The molecule has 42 heavy (non-hydrogen) atoms. The Morgan fingerprint density at radius 3 is 1.50 bits per heavy atom. The fourth-order valence-corrected chi connectivity index (χ4v) is 3.22. The second-order valence-electron chi connectivity index (χ2n) is 11.3. The highest BCUT2D eigenvalue weighted by molar-refractivity contribution is 5.85. The van der Waals surface area contributed by atoms with Crippen molar-refractivity contribution in [2.75, 3.05) is 10.6 Å². The number of carbonyl (C=O) groups excluding carboxylic acids is 3. The molecule has 0 aliphatic heterocycles. The highest BCUT2D eigenvalue weighted by atomic mass is 16.6. The fraction of sp³-hybridized carbons (Fsp3) is 0.344. The lowest BCUT2D eigenvalue weighted by atomic mass is 10.2. The van der Waals surface area contributed by atoms with Crippen LogP contribution in [0.4, 0.5) is 25.8 Å². The first kappa shape index (κ1) is 33.6. The molecular formula is C32H42N4O6. The van der Waals surface area contributed by atoms with Crippen molar-refractivity contribution >= 4 is 29.7 Å². The van der Waals surface area contributed by atoms with Crippen LogP contribution in [0.3, 0.4) is 0 Å². The summed E-state index contributed by atoms with van der Waals surface area (Å²) in [5.74, 6) is 0. The zero-order valence-corrected chi connectivity index (χ0v) is 25.2. The summed E-state index contributed by atoms with van der Waals surface area (Å²) in [6.07, 6.45) is -1.44. The van der Waals surface area contributed by atoms with Crippen molar-refractivity contribution in [2.45, 2.75) is 72.4 Å². The molecule has 0 aliphatic rings. The molecule has 3 aromatic carbocycles. The Bertz CT molecular complexity index is 1270. The maximum atomic E-state index is 11.7. The number of carbonyl (C=O) groups is 3. The lowest BCUT2D eigenvalue weighted by Gasteiger charge is -2.19. The molecule has 10 heteroatoms. The Kier molecular flexibility index (Phi) is 12.8. The Balaban J connectivity index is 0.000000330. The summed E-state index contributed by atoms with van der Waals surface area (Å²) in [7, 11) is 0. The minimum Gasteiger partial charge on any atom is -0.445 e. The van der Waals surface area contributed by atoms with E-state index in [2.05, 4.69) is 16.0 Å². The van der Waals surface area contributed by atoms with Gasteiger partial charge in [0, 0.05) is 24.5 Å². The second kappa shape index (κ2) is 16.0. The lowest BCUT2D eigenvalue weighted by Crippen LogP contribution is -2.27. The molecule has 0 saturated carbocycles. The third-order valence-corrected chi connectivity index (χ3v) is 5.08. The van der Waals surface area contributed by atoms with Crippen LogP contribution in [0.5, 0.6) is 0 Å². The third kappa shape index (κ3) is 14.7. The van der Waals surface area contributed by atoms with Crippen LogP contribution in [0, 0.1) is 0 Å². The monoisotopic (exact) mass is 578 g/mol. The standard InChI is InChI=1S/C20H24N2O4.C12H18N2O2/c1-20(2,3)26-19(24)22-17-11-9-15(10-12-17)13-21-18(23)25-14-16-7-5-4-6-8-16;1-12(2,3)16-11(15)14-10-6-4-9(8-13)5-7-10/h4-12H,13-14H2,1-3H3,(H,21,23)(H,22,24);4-7H,8,13H2,1-3H3,(H,14,15). The number of anilines is 2. The first-order chi connectivity index (χ1) is 19.7. The Morgan fingerprint density at radius 1 is 0.619 bits per heavy atom. The predicted molar refractivity (Wildman–Crippen MR) is 164 cm³/mol. The van der Waals surface area contributed by atoms with E-state index >= 15 is 0 Å². The van der Waals surface area contributed by atoms with Gasteiger partial charge in [-0.25, -0.2) is 14.4 Å². The van der Waals surface area contributed by atoms with Gasteiger partial charge in [-0.3, -0.25) is 10.6 Å². The largest absolute Gasteiger partial charge is 0.445 e. The number of nitrogens with one attached hydrogen (secondary N) is 3. The molecule has 3 amide bonds. The number of hydrogen-bond acceptors (Lipinski definition) is 7. The van der Waals surface area contributed by atoms with Gasteiger partial charge in [0.15, 0.2) is 0 Å². The van der Waals surface area contributed by atoms with Gasteiger partial charge in [0.1, 0.15) is 17.8 Å². The van der Waals surface area contributed by atoms with Crippen LogP contribution in [0.15, 0.2) is 78.9 Å². The SMILES string of the molecule is CC(C)(C)OC(=O)Nc1ccc(CN)cc1.CC(C)(C)OC(=O)Nc1ccc(CNC(=O)OCc2ccccc2)cc1. The normalized spacial score (nSPS) is 10.8. The average Bonchev–Trinajstić information content (AvgIpc) is 2.91. The molecular weight excluding hydrogens is 536 g/mol. The number of rotatable bonds is 7. The van der Waals surface area contributed by atoms with Gasteiger partial charge in [-0.15, -0.1) is 0 Å². The number of hydrogen-bond donors (Lipinski definition) is 4. The van der Waals surface area contributed by atoms with Gasteiger partial charge in [0.2, 0.25) is 0 Å². The second-order valence-corrected chi connectivity index (χ2v) is 11.3. The smallest absolute Gasteiger partial charge is 0.412 e. The van der Waals surface area contributed by atoms with Crippen LogP contribution >= 0.6 is 0 Å². The molecule has 0 aliphatic carbocycles. The number of ether oxygens (including phenoxy) is 3. The number of nitrogens with two attached hydrogens (primary N) is 1. The molecule has 0 radical (unpaired) electrons. The summed E-state index contributed by atoms with van der Waals surface area (Å²) >= 11 is 0.